The van der Waals surface area contributed by atoms with Crippen LogP contribution in [-0.2, 0) is 12.7 Å². The Morgan fingerprint density at radius 2 is 1.83 bits per heavy atom. The standard InChI is InChI=1S/C16H11ClF3N3S/c17-11-5-3-10(4-6-11)9-21-15-22-12(13-2-1-7-24-13)8-14(23-15)16(18,19)20/h1-8H,9H2,(H,21,22,23). The molecule has 0 bridgehead atoms. The van der Waals surface area contributed by atoms with Gasteiger partial charge in [-0.25, -0.2) is 9.97 Å². The average molecular weight is 370 g/mol. The van der Waals surface area contributed by atoms with E-state index in [2.05, 4.69) is 15.3 Å². The maximum absolute atomic E-state index is 13.1. The van der Waals surface area contributed by atoms with Gasteiger partial charge in [0.05, 0.1) is 10.6 Å². The van der Waals surface area contributed by atoms with E-state index in [-0.39, 0.29) is 11.6 Å². The lowest BCUT2D eigenvalue weighted by molar-refractivity contribution is -0.141. The first kappa shape index (κ1) is 16.7. The third-order valence-electron chi connectivity index (χ3n) is 3.15. The summed E-state index contributed by atoms with van der Waals surface area (Å²) in [7, 11) is 0. The molecule has 124 valence electrons. The topological polar surface area (TPSA) is 37.8 Å². The zero-order chi connectivity index (χ0) is 17.2. The Balaban J connectivity index is 1.88. The van der Waals surface area contributed by atoms with E-state index in [0.717, 1.165) is 11.6 Å². The maximum Gasteiger partial charge on any atom is 0.433 e. The Hall–Kier alpha value is -2.12. The second kappa shape index (κ2) is 6.78. The lowest BCUT2D eigenvalue weighted by Gasteiger charge is -2.11. The molecule has 3 aromatic rings. The summed E-state index contributed by atoms with van der Waals surface area (Å²) >= 11 is 7.13. The van der Waals surface area contributed by atoms with Crippen LogP contribution in [0, 0.1) is 0 Å². The smallest absolute Gasteiger partial charge is 0.350 e. The Morgan fingerprint density at radius 3 is 2.46 bits per heavy atom. The van der Waals surface area contributed by atoms with Gasteiger partial charge in [0.1, 0.15) is 0 Å². The first-order valence-electron chi connectivity index (χ1n) is 6.90. The summed E-state index contributed by atoms with van der Waals surface area (Å²) in [4.78, 5) is 8.41. The molecule has 2 aromatic heterocycles. The summed E-state index contributed by atoms with van der Waals surface area (Å²) < 4.78 is 39.2. The molecule has 0 radical (unpaired) electrons. The van der Waals surface area contributed by atoms with Crippen LogP contribution in [-0.4, -0.2) is 9.97 Å². The first-order chi connectivity index (χ1) is 11.4. The van der Waals surface area contributed by atoms with Gasteiger partial charge in [-0.1, -0.05) is 29.8 Å². The van der Waals surface area contributed by atoms with Gasteiger partial charge in [-0.3, -0.25) is 0 Å². The SMILES string of the molecule is FC(F)(F)c1cc(-c2cccs2)nc(NCc2ccc(Cl)cc2)n1. The molecule has 0 aliphatic carbocycles. The van der Waals surface area contributed by atoms with Crippen molar-refractivity contribution in [3.8, 4) is 10.6 Å². The minimum Gasteiger partial charge on any atom is -0.350 e. The van der Waals surface area contributed by atoms with Crippen LogP contribution < -0.4 is 5.32 Å². The lowest BCUT2D eigenvalue weighted by atomic mass is 10.2. The summed E-state index contributed by atoms with van der Waals surface area (Å²) in [6.45, 7) is 0.294. The van der Waals surface area contributed by atoms with Gasteiger partial charge in [0.15, 0.2) is 5.69 Å². The number of benzene rings is 1. The van der Waals surface area contributed by atoms with Crippen molar-refractivity contribution >= 4 is 28.9 Å². The van der Waals surface area contributed by atoms with Crippen LogP contribution in [0.4, 0.5) is 19.1 Å². The van der Waals surface area contributed by atoms with Crippen LogP contribution in [0.15, 0.2) is 47.8 Å². The zero-order valence-corrected chi connectivity index (χ0v) is 13.7. The van der Waals surface area contributed by atoms with E-state index in [1.54, 1.807) is 41.8 Å². The van der Waals surface area contributed by atoms with Crippen LogP contribution >= 0.6 is 22.9 Å². The van der Waals surface area contributed by atoms with Crippen LogP contribution in [0.3, 0.4) is 0 Å². The molecule has 0 saturated heterocycles. The molecule has 0 unspecified atom stereocenters. The maximum atomic E-state index is 13.1. The van der Waals surface area contributed by atoms with Crippen molar-refractivity contribution in [2.75, 3.05) is 5.32 Å². The molecule has 3 nitrogen and oxygen atoms in total. The van der Waals surface area contributed by atoms with Gasteiger partial charge in [0.25, 0.3) is 0 Å². The third kappa shape index (κ3) is 4.04. The number of rotatable bonds is 4. The van der Waals surface area contributed by atoms with Gasteiger partial charge >= 0.3 is 6.18 Å². The largest absolute Gasteiger partial charge is 0.433 e. The molecule has 0 amide bonds. The minimum atomic E-state index is -4.54. The molecule has 0 aliphatic heterocycles. The van der Waals surface area contributed by atoms with Crippen molar-refractivity contribution in [3.63, 3.8) is 0 Å². The van der Waals surface area contributed by atoms with E-state index in [1.165, 1.54) is 11.3 Å². The fourth-order valence-corrected chi connectivity index (χ4v) is 2.82. The van der Waals surface area contributed by atoms with Gasteiger partial charge in [-0.2, -0.15) is 13.2 Å². The monoisotopic (exact) mass is 369 g/mol. The highest BCUT2D eigenvalue weighted by molar-refractivity contribution is 7.13. The van der Waals surface area contributed by atoms with Gasteiger partial charge in [0.2, 0.25) is 5.95 Å². The number of halogens is 4. The van der Waals surface area contributed by atoms with Crippen molar-refractivity contribution in [2.45, 2.75) is 12.7 Å². The van der Waals surface area contributed by atoms with E-state index < -0.39 is 11.9 Å². The van der Waals surface area contributed by atoms with E-state index in [1.807, 2.05) is 0 Å². The second-order valence-corrected chi connectivity index (χ2v) is 6.30. The highest BCUT2D eigenvalue weighted by atomic mass is 35.5. The molecule has 3 rings (SSSR count). The van der Waals surface area contributed by atoms with Crippen molar-refractivity contribution < 1.29 is 13.2 Å². The predicted molar refractivity (Wildman–Crippen MR) is 89.1 cm³/mol. The number of nitrogens with one attached hydrogen (secondary N) is 1. The number of hydrogen-bond donors (Lipinski definition) is 1. The van der Waals surface area contributed by atoms with E-state index in [4.69, 9.17) is 11.6 Å². The summed E-state index contributed by atoms with van der Waals surface area (Å²) in [5.74, 6) is -0.0665. The number of anilines is 1. The summed E-state index contributed by atoms with van der Waals surface area (Å²) in [5.41, 5.74) is 0.128. The third-order valence-corrected chi connectivity index (χ3v) is 4.30. The van der Waals surface area contributed by atoms with Crippen molar-refractivity contribution in [1.29, 1.82) is 0 Å². The summed E-state index contributed by atoms with van der Waals surface area (Å²) in [6.07, 6.45) is -4.54. The Kier molecular flexibility index (Phi) is 4.73. The fraction of sp³-hybridized carbons (Fsp3) is 0.125. The molecule has 0 saturated carbocycles. The van der Waals surface area contributed by atoms with Crippen LogP contribution in [0.2, 0.25) is 5.02 Å². The number of aromatic nitrogens is 2. The highest BCUT2D eigenvalue weighted by Crippen LogP contribution is 2.32. The average Bonchev–Trinajstić information content (AvgIpc) is 3.08. The number of thiophene rings is 1. The molecule has 0 aliphatic rings. The predicted octanol–water partition coefficient (Wildman–Crippen LogP) is 5.49. The van der Waals surface area contributed by atoms with Crippen LogP contribution in [0.25, 0.3) is 10.6 Å². The minimum absolute atomic E-state index is 0.0665. The Morgan fingerprint density at radius 1 is 1.08 bits per heavy atom. The van der Waals surface area contributed by atoms with Gasteiger partial charge < -0.3 is 5.32 Å². The zero-order valence-electron chi connectivity index (χ0n) is 12.1. The molecule has 0 spiro atoms. The molecular weight excluding hydrogens is 359 g/mol. The highest BCUT2D eigenvalue weighted by Gasteiger charge is 2.33. The number of hydrogen-bond acceptors (Lipinski definition) is 4. The second-order valence-electron chi connectivity index (χ2n) is 4.92. The van der Waals surface area contributed by atoms with Gasteiger partial charge in [-0.05, 0) is 35.2 Å². The molecule has 24 heavy (non-hydrogen) atoms. The molecule has 0 fully saturated rings. The van der Waals surface area contributed by atoms with Crippen molar-refractivity contribution in [1.82, 2.24) is 9.97 Å². The van der Waals surface area contributed by atoms with Crippen molar-refractivity contribution in [2.24, 2.45) is 0 Å². The van der Waals surface area contributed by atoms with Gasteiger partial charge in [0, 0.05) is 11.6 Å². The lowest BCUT2D eigenvalue weighted by Crippen LogP contribution is -2.12. The van der Waals surface area contributed by atoms with Gasteiger partial charge in [-0.15, -0.1) is 11.3 Å². The van der Waals surface area contributed by atoms with Crippen LogP contribution in [0.1, 0.15) is 11.3 Å². The normalized spacial score (nSPS) is 11.5. The molecule has 1 aromatic carbocycles. The van der Waals surface area contributed by atoms with E-state index in [0.29, 0.717) is 16.4 Å². The Labute approximate surface area is 145 Å². The quantitative estimate of drug-likeness (QED) is 0.660. The Bertz CT molecular complexity index is 818. The number of nitrogens with zero attached hydrogens (tertiary/aromatic N) is 2. The molecule has 1 N–H and O–H groups in total. The molecular formula is C16H11ClF3N3S. The molecule has 0 atom stereocenters. The number of alkyl halides is 3. The summed E-state index contributed by atoms with van der Waals surface area (Å²) in [6, 6.07) is 11.4. The first-order valence-corrected chi connectivity index (χ1v) is 8.16. The van der Waals surface area contributed by atoms with E-state index in [9.17, 15) is 13.2 Å². The van der Waals surface area contributed by atoms with E-state index >= 15 is 0 Å². The van der Waals surface area contributed by atoms with Crippen LogP contribution in [0.5, 0.6) is 0 Å². The summed E-state index contributed by atoms with van der Waals surface area (Å²) in [5, 5.41) is 5.21. The van der Waals surface area contributed by atoms with Crippen molar-refractivity contribution in [3.05, 3.63) is 64.1 Å². The fourth-order valence-electron chi connectivity index (χ4n) is 2.01. The molecule has 2 heterocycles. The molecule has 8 heteroatoms.